The third-order valence-electron chi connectivity index (χ3n) is 7.64. The third-order valence-corrected chi connectivity index (χ3v) is 7.64. The number of rotatable bonds is 12. The second kappa shape index (κ2) is 14.7. The predicted molar refractivity (Wildman–Crippen MR) is 177 cm³/mol. The highest BCUT2D eigenvalue weighted by Gasteiger charge is 2.21. The van der Waals surface area contributed by atoms with Crippen LogP contribution in [0.3, 0.4) is 0 Å². The van der Waals surface area contributed by atoms with Crippen LogP contribution in [-0.2, 0) is 0 Å². The van der Waals surface area contributed by atoms with Crippen LogP contribution in [0.15, 0.2) is 72.9 Å². The molecular formula is C35H42N6O3. The summed E-state index contributed by atoms with van der Waals surface area (Å²) in [5.41, 5.74) is 4.92. The zero-order chi connectivity index (χ0) is 30.9. The number of amides is 1. The Morgan fingerprint density at radius 1 is 0.864 bits per heavy atom. The van der Waals surface area contributed by atoms with Gasteiger partial charge in [0.05, 0.1) is 6.61 Å². The number of ether oxygens (including phenoxy) is 2. The zero-order valence-corrected chi connectivity index (χ0v) is 26.1. The van der Waals surface area contributed by atoms with Crippen molar-refractivity contribution in [1.29, 1.82) is 0 Å². The van der Waals surface area contributed by atoms with Crippen molar-refractivity contribution in [3.05, 3.63) is 89.6 Å². The lowest BCUT2D eigenvalue weighted by Crippen LogP contribution is -2.46. The molecule has 0 saturated carbocycles. The normalized spacial score (nSPS) is 13.4. The van der Waals surface area contributed by atoms with Crippen molar-refractivity contribution in [2.75, 3.05) is 54.9 Å². The molecule has 0 atom stereocenters. The highest BCUT2D eigenvalue weighted by molar-refractivity contribution is 6.06. The number of aryl methyl sites for hydroxylation is 2. The van der Waals surface area contributed by atoms with Crippen LogP contribution in [0.4, 0.5) is 23.0 Å². The molecule has 0 unspecified atom stereocenters. The molecule has 44 heavy (non-hydrogen) atoms. The van der Waals surface area contributed by atoms with Crippen LogP contribution >= 0.6 is 0 Å². The van der Waals surface area contributed by atoms with E-state index in [1.165, 1.54) is 18.3 Å². The molecule has 2 heterocycles. The van der Waals surface area contributed by atoms with Crippen molar-refractivity contribution < 1.29 is 14.3 Å². The Hall–Kier alpha value is -4.63. The molecule has 1 fully saturated rings. The van der Waals surface area contributed by atoms with Gasteiger partial charge in [0, 0.05) is 49.4 Å². The minimum atomic E-state index is -0.362. The Morgan fingerprint density at radius 3 is 2.25 bits per heavy atom. The maximum atomic E-state index is 13.6. The van der Waals surface area contributed by atoms with E-state index in [2.05, 4.69) is 49.5 Å². The van der Waals surface area contributed by atoms with Gasteiger partial charge in [0.2, 0.25) is 11.8 Å². The zero-order valence-electron chi connectivity index (χ0n) is 26.1. The first-order valence-corrected chi connectivity index (χ1v) is 15.4. The van der Waals surface area contributed by atoms with Crippen molar-refractivity contribution in [2.24, 2.45) is 0 Å². The molecule has 9 heteroatoms. The van der Waals surface area contributed by atoms with Crippen LogP contribution in [0.5, 0.6) is 17.4 Å². The van der Waals surface area contributed by atoms with Gasteiger partial charge in [-0.3, -0.25) is 9.69 Å². The van der Waals surface area contributed by atoms with Gasteiger partial charge in [-0.05, 0) is 80.8 Å². The van der Waals surface area contributed by atoms with Crippen LogP contribution in [-0.4, -0.2) is 60.1 Å². The average molecular weight is 595 g/mol. The molecule has 0 radical (unpaired) electrons. The maximum Gasteiger partial charge on any atom is 0.262 e. The van der Waals surface area contributed by atoms with E-state index in [1.807, 2.05) is 69.3 Å². The Labute approximate surface area is 260 Å². The number of nitrogens with zero attached hydrogens (tertiary/aromatic N) is 4. The fourth-order valence-electron chi connectivity index (χ4n) is 5.25. The summed E-state index contributed by atoms with van der Waals surface area (Å²) in [4.78, 5) is 27.6. The Morgan fingerprint density at radius 2 is 1.57 bits per heavy atom. The van der Waals surface area contributed by atoms with Crippen LogP contribution in [0, 0.1) is 13.8 Å². The van der Waals surface area contributed by atoms with Crippen molar-refractivity contribution in [2.45, 2.75) is 40.5 Å². The number of para-hydroxylation sites is 3. The summed E-state index contributed by atoms with van der Waals surface area (Å²) in [7, 11) is 0. The van der Waals surface area contributed by atoms with E-state index < -0.39 is 0 Å². The largest absolute Gasteiger partial charge is 0.490 e. The summed E-state index contributed by atoms with van der Waals surface area (Å²) < 4.78 is 12.2. The van der Waals surface area contributed by atoms with Crippen molar-refractivity contribution in [3.8, 4) is 17.4 Å². The number of nitrogens with one attached hydrogen (secondary N) is 2. The lowest BCUT2D eigenvalue weighted by atomic mass is 10.1. The first kappa shape index (κ1) is 30.8. The first-order valence-electron chi connectivity index (χ1n) is 15.4. The molecular weight excluding hydrogens is 552 g/mol. The Bertz CT molecular complexity index is 1530. The molecule has 0 spiro atoms. The Balaban J connectivity index is 1.38. The minimum absolute atomic E-state index is 0.125. The molecule has 5 rings (SSSR count). The Kier molecular flexibility index (Phi) is 10.3. The van der Waals surface area contributed by atoms with E-state index in [9.17, 15) is 4.79 Å². The molecule has 2 N–H and O–H groups in total. The molecule has 4 aromatic rings. The maximum absolute atomic E-state index is 13.6. The number of aromatic nitrogens is 2. The molecule has 1 aromatic heterocycles. The quantitative estimate of drug-likeness (QED) is 0.178. The van der Waals surface area contributed by atoms with E-state index in [0.717, 1.165) is 61.6 Å². The number of benzene rings is 3. The van der Waals surface area contributed by atoms with Gasteiger partial charge in [-0.15, -0.1) is 0 Å². The van der Waals surface area contributed by atoms with Gasteiger partial charge >= 0.3 is 0 Å². The number of hydrogen-bond acceptors (Lipinski definition) is 8. The second-order valence-corrected chi connectivity index (χ2v) is 11.0. The monoisotopic (exact) mass is 594 g/mol. The average Bonchev–Trinajstić information content (AvgIpc) is 3.03. The van der Waals surface area contributed by atoms with Gasteiger partial charge in [-0.25, -0.2) is 4.98 Å². The molecule has 230 valence electrons. The summed E-state index contributed by atoms with van der Waals surface area (Å²) in [6, 6.07) is 21.5. The molecule has 3 aromatic carbocycles. The lowest BCUT2D eigenvalue weighted by Gasteiger charge is -2.36. The molecule has 1 amide bonds. The van der Waals surface area contributed by atoms with E-state index in [0.29, 0.717) is 24.1 Å². The third kappa shape index (κ3) is 7.65. The standard InChI is InChI=1S/C35H42N6O3/c1-5-18-40-19-21-41(22-20-40)28-16-14-27(15-17-28)37-35-36-24-29(33(42)38-32-25(3)10-9-11-26(32)4)34(39-35)44-31-13-8-7-12-30(31)43-23-6-2/h7-17,24H,5-6,18-23H2,1-4H3,(H,38,42)(H,36,37,39). The van der Waals surface area contributed by atoms with E-state index in [-0.39, 0.29) is 17.4 Å². The van der Waals surface area contributed by atoms with Crippen LogP contribution in [0.1, 0.15) is 48.2 Å². The van der Waals surface area contributed by atoms with Crippen LogP contribution in [0.25, 0.3) is 0 Å². The summed E-state index contributed by atoms with van der Waals surface area (Å²) >= 11 is 0. The predicted octanol–water partition coefficient (Wildman–Crippen LogP) is 7.20. The van der Waals surface area contributed by atoms with Gasteiger partial charge in [0.15, 0.2) is 11.5 Å². The SMILES string of the molecule is CCCOc1ccccc1Oc1nc(Nc2ccc(N3CCN(CCC)CC3)cc2)ncc1C(=O)Nc1c(C)cccc1C. The summed E-state index contributed by atoms with van der Waals surface area (Å²) in [5, 5.41) is 6.30. The van der Waals surface area contributed by atoms with Crippen molar-refractivity contribution in [1.82, 2.24) is 14.9 Å². The molecule has 0 aliphatic carbocycles. The number of carbonyl (C=O) groups is 1. The molecule has 0 bridgehead atoms. The highest BCUT2D eigenvalue weighted by Crippen LogP contribution is 2.33. The van der Waals surface area contributed by atoms with Gasteiger partial charge in [-0.1, -0.05) is 44.2 Å². The summed E-state index contributed by atoms with van der Waals surface area (Å²) in [6.45, 7) is 14.1. The van der Waals surface area contributed by atoms with Gasteiger partial charge in [0.25, 0.3) is 5.91 Å². The van der Waals surface area contributed by atoms with Crippen LogP contribution < -0.4 is 25.0 Å². The molecule has 1 aliphatic heterocycles. The van der Waals surface area contributed by atoms with Gasteiger partial charge < -0.3 is 25.0 Å². The van der Waals surface area contributed by atoms with Crippen molar-refractivity contribution >= 4 is 28.9 Å². The van der Waals surface area contributed by atoms with Gasteiger partial charge in [0.1, 0.15) is 5.56 Å². The first-order chi connectivity index (χ1) is 21.4. The topological polar surface area (TPSA) is 91.9 Å². The summed E-state index contributed by atoms with van der Waals surface area (Å²) in [6.07, 6.45) is 3.53. The number of carbonyl (C=O) groups excluding carboxylic acids is 1. The smallest absolute Gasteiger partial charge is 0.262 e. The molecule has 9 nitrogen and oxygen atoms in total. The van der Waals surface area contributed by atoms with Crippen LogP contribution in [0.2, 0.25) is 0 Å². The lowest BCUT2D eigenvalue weighted by molar-refractivity contribution is 0.102. The fourth-order valence-corrected chi connectivity index (χ4v) is 5.25. The van der Waals surface area contributed by atoms with E-state index in [4.69, 9.17) is 9.47 Å². The van der Waals surface area contributed by atoms with Gasteiger partial charge in [-0.2, -0.15) is 4.98 Å². The second-order valence-electron chi connectivity index (χ2n) is 11.0. The van der Waals surface area contributed by atoms with Crippen molar-refractivity contribution in [3.63, 3.8) is 0 Å². The number of hydrogen-bond donors (Lipinski definition) is 2. The van der Waals surface area contributed by atoms with E-state index in [1.54, 1.807) is 6.07 Å². The number of anilines is 4. The number of piperazine rings is 1. The van der Waals surface area contributed by atoms with E-state index >= 15 is 0 Å². The fraction of sp³-hybridized carbons (Fsp3) is 0.343. The minimum Gasteiger partial charge on any atom is -0.490 e. The summed E-state index contributed by atoms with van der Waals surface area (Å²) in [5.74, 6) is 1.13. The molecule has 1 saturated heterocycles. The highest BCUT2D eigenvalue weighted by atomic mass is 16.5. The molecule has 1 aliphatic rings.